The number of amides is 1. The van der Waals surface area contributed by atoms with Gasteiger partial charge in [0, 0.05) is 46.7 Å². The number of benzene rings is 2. The van der Waals surface area contributed by atoms with Crippen LogP contribution in [0.5, 0.6) is 5.75 Å². The molecule has 0 spiro atoms. The topological polar surface area (TPSA) is 119 Å². The highest BCUT2D eigenvalue weighted by atomic mass is 16.5. The number of fused-ring (bicyclic) bond motifs is 4. The molecule has 0 saturated carbocycles. The Kier molecular flexibility index (Phi) is 5.71. The Hall–Kier alpha value is -4.83. The quantitative estimate of drug-likeness (QED) is 0.333. The first-order valence-corrected chi connectivity index (χ1v) is 13.1. The van der Waals surface area contributed by atoms with Crippen LogP contribution in [-0.2, 0) is 4.74 Å². The lowest BCUT2D eigenvalue weighted by molar-refractivity contribution is 0.0295. The third-order valence-corrected chi connectivity index (χ3v) is 7.47. The molecule has 1 amide bonds. The number of nitrogens with one attached hydrogen (secondary N) is 1. The van der Waals surface area contributed by atoms with Crippen LogP contribution in [-0.4, -0.2) is 69.3 Å². The van der Waals surface area contributed by atoms with Crippen LogP contribution in [0.1, 0.15) is 22.1 Å². The predicted octanol–water partition coefficient (Wildman–Crippen LogP) is 5.08. The summed E-state index contributed by atoms with van der Waals surface area (Å²) in [6.45, 7) is 5.77. The molecule has 6 aromatic rings. The van der Waals surface area contributed by atoms with E-state index in [1.807, 2.05) is 56.3 Å². The Morgan fingerprint density at radius 2 is 1.85 bits per heavy atom. The van der Waals surface area contributed by atoms with Crippen LogP contribution in [0.4, 0.5) is 0 Å². The third-order valence-electron chi connectivity index (χ3n) is 7.47. The van der Waals surface area contributed by atoms with E-state index in [2.05, 4.69) is 15.1 Å². The van der Waals surface area contributed by atoms with Crippen molar-refractivity contribution in [3.05, 3.63) is 65.9 Å². The summed E-state index contributed by atoms with van der Waals surface area (Å²) < 4.78 is 16.7. The SMILES string of the molecule is COc1cc2c(cc1-c1c(C)noc1C)[nH]c1nc(C(=O)N3CCOCC3)nc(-c3ccnc4ccccc34)c12. The number of aryl methyl sites for hydroxylation is 2. The number of hydrogen-bond acceptors (Lipinski definition) is 8. The minimum atomic E-state index is -0.225. The smallest absolute Gasteiger partial charge is 0.291 e. The number of morpholine rings is 1. The van der Waals surface area contributed by atoms with E-state index in [1.54, 1.807) is 18.2 Å². The van der Waals surface area contributed by atoms with Gasteiger partial charge in [0.2, 0.25) is 5.82 Å². The first-order chi connectivity index (χ1) is 19.5. The van der Waals surface area contributed by atoms with Gasteiger partial charge in [0.05, 0.1) is 48.2 Å². The number of carbonyl (C=O) groups excluding carboxylic acids is 1. The molecule has 200 valence electrons. The molecule has 7 rings (SSSR count). The molecule has 10 heteroatoms. The highest BCUT2D eigenvalue weighted by Crippen LogP contribution is 2.42. The van der Waals surface area contributed by atoms with Crippen molar-refractivity contribution in [2.45, 2.75) is 13.8 Å². The van der Waals surface area contributed by atoms with E-state index in [0.29, 0.717) is 49.2 Å². The summed E-state index contributed by atoms with van der Waals surface area (Å²) in [5.41, 5.74) is 6.26. The van der Waals surface area contributed by atoms with Crippen molar-refractivity contribution < 1.29 is 18.8 Å². The minimum absolute atomic E-state index is 0.134. The lowest BCUT2D eigenvalue weighted by atomic mass is 9.99. The molecular weight excluding hydrogens is 508 g/mol. The first-order valence-electron chi connectivity index (χ1n) is 13.1. The Bertz CT molecular complexity index is 1910. The maximum atomic E-state index is 13.6. The Morgan fingerprint density at radius 1 is 1.02 bits per heavy atom. The number of carbonyl (C=O) groups is 1. The van der Waals surface area contributed by atoms with Crippen LogP contribution in [0.15, 0.2) is 53.2 Å². The highest BCUT2D eigenvalue weighted by molar-refractivity contribution is 6.16. The van der Waals surface area contributed by atoms with E-state index in [-0.39, 0.29) is 11.7 Å². The van der Waals surface area contributed by atoms with Crippen LogP contribution in [0.25, 0.3) is 55.2 Å². The molecule has 5 heterocycles. The number of H-pyrrole nitrogens is 1. The van der Waals surface area contributed by atoms with Gasteiger partial charge in [-0.05, 0) is 38.1 Å². The first kappa shape index (κ1) is 24.2. The van der Waals surface area contributed by atoms with Crippen molar-refractivity contribution in [1.29, 1.82) is 0 Å². The van der Waals surface area contributed by atoms with Crippen LogP contribution in [0, 0.1) is 13.8 Å². The number of pyridine rings is 1. The van der Waals surface area contributed by atoms with Gasteiger partial charge in [-0.3, -0.25) is 9.78 Å². The fraction of sp³-hybridized carbons (Fsp3) is 0.233. The summed E-state index contributed by atoms with van der Waals surface area (Å²) in [6.07, 6.45) is 1.76. The van der Waals surface area contributed by atoms with Crippen molar-refractivity contribution in [1.82, 2.24) is 30.0 Å². The Labute approximate surface area is 228 Å². The molecule has 1 saturated heterocycles. The molecule has 40 heavy (non-hydrogen) atoms. The molecule has 0 atom stereocenters. The van der Waals surface area contributed by atoms with Crippen LogP contribution >= 0.6 is 0 Å². The number of ether oxygens (including phenoxy) is 2. The van der Waals surface area contributed by atoms with Crippen molar-refractivity contribution in [3.8, 4) is 28.1 Å². The highest BCUT2D eigenvalue weighted by Gasteiger charge is 2.26. The molecule has 1 fully saturated rings. The molecule has 10 nitrogen and oxygen atoms in total. The number of nitrogens with zero attached hydrogens (tertiary/aromatic N) is 5. The number of rotatable bonds is 4. The number of hydrogen-bond donors (Lipinski definition) is 1. The summed E-state index contributed by atoms with van der Waals surface area (Å²) in [5, 5.41) is 6.74. The number of methoxy groups -OCH3 is 1. The second-order valence-corrected chi connectivity index (χ2v) is 9.82. The normalized spacial score (nSPS) is 13.9. The number of para-hydroxylation sites is 1. The molecule has 0 aliphatic carbocycles. The molecule has 0 bridgehead atoms. The van der Waals surface area contributed by atoms with E-state index in [4.69, 9.17) is 24.0 Å². The van der Waals surface area contributed by atoms with Crippen LogP contribution in [0.3, 0.4) is 0 Å². The Balaban J connectivity index is 1.53. The zero-order valence-electron chi connectivity index (χ0n) is 22.3. The maximum Gasteiger partial charge on any atom is 0.291 e. The van der Waals surface area contributed by atoms with E-state index < -0.39 is 0 Å². The van der Waals surface area contributed by atoms with Gasteiger partial charge < -0.3 is 23.9 Å². The molecule has 1 aliphatic heterocycles. The maximum absolute atomic E-state index is 13.6. The summed E-state index contributed by atoms with van der Waals surface area (Å²) in [7, 11) is 1.64. The van der Waals surface area contributed by atoms with Crippen molar-refractivity contribution in [2.24, 2.45) is 0 Å². The van der Waals surface area contributed by atoms with Gasteiger partial charge >= 0.3 is 0 Å². The predicted molar refractivity (Wildman–Crippen MR) is 150 cm³/mol. The van der Waals surface area contributed by atoms with E-state index in [9.17, 15) is 4.79 Å². The number of aromatic nitrogens is 5. The zero-order valence-corrected chi connectivity index (χ0v) is 22.3. The van der Waals surface area contributed by atoms with Crippen LogP contribution < -0.4 is 4.74 Å². The fourth-order valence-electron chi connectivity index (χ4n) is 5.56. The zero-order chi connectivity index (χ0) is 27.4. The van der Waals surface area contributed by atoms with Gasteiger partial charge in [-0.1, -0.05) is 23.4 Å². The average Bonchev–Trinajstić information content (AvgIpc) is 3.53. The molecule has 1 aliphatic rings. The van der Waals surface area contributed by atoms with Crippen molar-refractivity contribution in [3.63, 3.8) is 0 Å². The average molecular weight is 535 g/mol. The van der Waals surface area contributed by atoms with Gasteiger partial charge in [-0.2, -0.15) is 0 Å². The lowest BCUT2D eigenvalue weighted by Gasteiger charge is -2.26. The fourth-order valence-corrected chi connectivity index (χ4v) is 5.56. The lowest BCUT2D eigenvalue weighted by Crippen LogP contribution is -2.41. The summed E-state index contributed by atoms with van der Waals surface area (Å²) in [4.78, 5) is 33.0. The van der Waals surface area contributed by atoms with E-state index >= 15 is 0 Å². The second kappa shape index (κ2) is 9.42. The van der Waals surface area contributed by atoms with E-state index in [1.165, 1.54) is 0 Å². The molecule has 1 N–H and O–H groups in total. The summed E-state index contributed by atoms with van der Waals surface area (Å²) in [6, 6.07) is 13.8. The second-order valence-electron chi connectivity index (χ2n) is 9.82. The molecule has 0 unspecified atom stereocenters. The van der Waals surface area contributed by atoms with Crippen molar-refractivity contribution in [2.75, 3.05) is 33.4 Å². The van der Waals surface area contributed by atoms with Gasteiger partial charge in [0.25, 0.3) is 5.91 Å². The standard InChI is InChI=1S/C30H26N6O4/c1-16-25(17(2)40-35-16)21-14-23-20(15-24(21)38-3)26-27(19-8-9-31-22-7-5-4-6-18(19)22)33-29(34-28(26)32-23)30(37)36-10-12-39-13-11-36/h4-9,14-15H,10-13H2,1-3H3,(H,32,33,34). The van der Waals surface area contributed by atoms with Crippen LogP contribution in [0.2, 0.25) is 0 Å². The van der Waals surface area contributed by atoms with Gasteiger partial charge in [-0.25, -0.2) is 9.97 Å². The molecule has 0 radical (unpaired) electrons. The minimum Gasteiger partial charge on any atom is -0.496 e. The molecule has 4 aromatic heterocycles. The monoisotopic (exact) mass is 534 g/mol. The van der Waals surface area contributed by atoms with Gasteiger partial charge in [0.15, 0.2) is 0 Å². The third kappa shape index (κ3) is 3.79. The largest absolute Gasteiger partial charge is 0.496 e. The van der Waals surface area contributed by atoms with E-state index in [0.717, 1.165) is 49.6 Å². The molecular formula is C30H26N6O4. The Morgan fingerprint density at radius 3 is 2.62 bits per heavy atom. The van der Waals surface area contributed by atoms with Gasteiger partial charge in [-0.15, -0.1) is 0 Å². The summed E-state index contributed by atoms with van der Waals surface area (Å²) >= 11 is 0. The molecule has 2 aromatic carbocycles. The number of aromatic amines is 1. The summed E-state index contributed by atoms with van der Waals surface area (Å²) in [5.74, 6) is 1.28. The van der Waals surface area contributed by atoms with Crippen molar-refractivity contribution >= 4 is 38.7 Å². The van der Waals surface area contributed by atoms with Gasteiger partial charge in [0.1, 0.15) is 17.2 Å².